The van der Waals surface area contributed by atoms with Crippen LogP contribution >= 0.6 is 0 Å². The smallest absolute Gasteiger partial charge is 0.375 e. The number of allylic oxidation sites excluding steroid dienone is 2. The van der Waals surface area contributed by atoms with E-state index in [-0.39, 0.29) is 5.75 Å². The van der Waals surface area contributed by atoms with Crippen molar-refractivity contribution in [2.45, 2.75) is 44.0 Å². The molecule has 0 heterocycles. The van der Waals surface area contributed by atoms with Crippen LogP contribution in [0.1, 0.15) is 44.1 Å². The van der Waals surface area contributed by atoms with E-state index in [0.717, 1.165) is 37.7 Å². The van der Waals surface area contributed by atoms with Gasteiger partial charge >= 0.3 is 15.6 Å². The second-order valence-electron chi connectivity index (χ2n) is 5.16. The number of hydrogen-bond donors (Lipinski definition) is 0. The highest BCUT2D eigenvalue weighted by Gasteiger charge is 2.48. The van der Waals surface area contributed by atoms with E-state index in [4.69, 9.17) is 0 Å². The van der Waals surface area contributed by atoms with Crippen LogP contribution in [0.2, 0.25) is 0 Å². The van der Waals surface area contributed by atoms with Gasteiger partial charge in [-0.05, 0) is 37.3 Å². The van der Waals surface area contributed by atoms with Crippen molar-refractivity contribution in [2.24, 2.45) is 0 Å². The van der Waals surface area contributed by atoms with E-state index in [1.54, 1.807) is 12.1 Å². The summed E-state index contributed by atoms with van der Waals surface area (Å²) in [6, 6.07) is 5.95. The van der Waals surface area contributed by atoms with Gasteiger partial charge in [0.05, 0.1) is 0 Å². The van der Waals surface area contributed by atoms with Crippen molar-refractivity contribution < 1.29 is 25.8 Å². The highest BCUT2D eigenvalue weighted by atomic mass is 32.2. The zero-order valence-corrected chi connectivity index (χ0v) is 12.7. The second kappa shape index (κ2) is 6.73. The first-order valence-corrected chi connectivity index (χ1v) is 8.51. The maximum atomic E-state index is 12.5. The van der Waals surface area contributed by atoms with Crippen LogP contribution in [0.25, 0.3) is 5.57 Å². The van der Waals surface area contributed by atoms with Crippen LogP contribution in [0.3, 0.4) is 0 Å². The molecular weight excluding hydrogens is 317 g/mol. The quantitative estimate of drug-likeness (QED) is 0.597. The molecule has 0 saturated heterocycles. The Hall–Kier alpha value is -1.50. The van der Waals surface area contributed by atoms with Gasteiger partial charge < -0.3 is 4.18 Å². The van der Waals surface area contributed by atoms with Crippen molar-refractivity contribution >= 4 is 15.7 Å². The molecule has 122 valence electrons. The molecule has 0 amide bonds. The molecule has 0 aromatic heterocycles. The van der Waals surface area contributed by atoms with Crippen LogP contribution in [0.15, 0.2) is 30.3 Å². The fraction of sp³-hybridized carbons (Fsp3) is 0.467. The van der Waals surface area contributed by atoms with Crippen LogP contribution in [0.5, 0.6) is 5.75 Å². The van der Waals surface area contributed by atoms with Gasteiger partial charge in [0.1, 0.15) is 5.75 Å². The molecule has 0 aliphatic heterocycles. The van der Waals surface area contributed by atoms with E-state index >= 15 is 0 Å². The van der Waals surface area contributed by atoms with Crippen molar-refractivity contribution in [1.82, 2.24) is 0 Å². The Labute approximate surface area is 127 Å². The van der Waals surface area contributed by atoms with E-state index < -0.39 is 15.6 Å². The normalized spacial score (nSPS) is 19.7. The van der Waals surface area contributed by atoms with Gasteiger partial charge in [-0.25, -0.2) is 0 Å². The van der Waals surface area contributed by atoms with Gasteiger partial charge in [-0.3, -0.25) is 0 Å². The molecule has 0 N–H and O–H groups in total. The number of alkyl halides is 3. The summed E-state index contributed by atoms with van der Waals surface area (Å²) in [5.74, 6) is -0.272. The predicted octanol–water partition coefficient (Wildman–Crippen LogP) is 4.65. The molecule has 1 aliphatic carbocycles. The maximum Gasteiger partial charge on any atom is 0.534 e. The largest absolute Gasteiger partial charge is 0.534 e. The lowest BCUT2D eigenvalue weighted by molar-refractivity contribution is -0.0500. The Morgan fingerprint density at radius 2 is 1.68 bits per heavy atom. The van der Waals surface area contributed by atoms with E-state index in [9.17, 15) is 21.6 Å². The van der Waals surface area contributed by atoms with Gasteiger partial charge in [-0.2, -0.15) is 21.6 Å². The molecule has 3 nitrogen and oxygen atoms in total. The summed E-state index contributed by atoms with van der Waals surface area (Å²) < 4.78 is 64.2. The van der Waals surface area contributed by atoms with E-state index in [1.807, 2.05) is 6.08 Å². The first kappa shape index (κ1) is 16.9. The zero-order valence-electron chi connectivity index (χ0n) is 11.9. The molecule has 1 aliphatic rings. The number of rotatable bonds is 3. The first-order chi connectivity index (χ1) is 10.3. The van der Waals surface area contributed by atoms with E-state index in [1.165, 1.54) is 12.1 Å². The zero-order chi connectivity index (χ0) is 16.2. The maximum absolute atomic E-state index is 12.5. The van der Waals surface area contributed by atoms with Crippen LogP contribution in [-0.2, 0) is 10.1 Å². The third kappa shape index (κ3) is 4.03. The molecule has 1 aromatic rings. The molecule has 0 radical (unpaired) electrons. The molecule has 1 aromatic carbocycles. The fourth-order valence-corrected chi connectivity index (χ4v) is 2.88. The van der Waals surface area contributed by atoms with Crippen LogP contribution in [0, 0.1) is 0 Å². The van der Waals surface area contributed by atoms with Crippen molar-refractivity contribution in [2.75, 3.05) is 0 Å². The lowest BCUT2D eigenvalue weighted by atomic mass is 9.94. The third-order valence-electron chi connectivity index (χ3n) is 3.51. The summed E-state index contributed by atoms with van der Waals surface area (Å²) in [7, 11) is -5.66. The van der Waals surface area contributed by atoms with Crippen LogP contribution in [-0.4, -0.2) is 13.9 Å². The SMILES string of the molecule is O=S(=O)(Oc1ccccc1/C1=C/CCCCCC1)C(F)(F)F. The second-order valence-corrected chi connectivity index (χ2v) is 6.70. The first-order valence-electron chi connectivity index (χ1n) is 7.10. The molecular formula is C15H17F3O3S. The highest BCUT2D eigenvalue weighted by Crippen LogP contribution is 2.35. The fourth-order valence-electron chi connectivity index (χ4n) is 2.41. The molecule has 0 spiro atoms. The van der Waals surface area contributed by atoms with Crippen molar-refractivity contribution in [1.29, 1.82) is 0 Å². The average Bonchev–Trinajstić information content (AvgIpc) is 2.38. The molecule has 0 bridgehead atoms. The summed E-state index contributed by atoms with van der Waals surface area (Å²) in [4.78, 5) is 0. The minimum atomic E-state index is -5.66. The van der Waals surface area contributed by atoms with Crippen LogP contribution in [0.4, 0.5) is 13.2 Å². The molecule has 22 heavy (non-hydrogen) atoms. The van der Waals surface area contributed by atoms with Gasteiger partial charge in [0.2, 0.25) is 0 Å². The Morgan fingerprint density at radius 3 is 2.41 bits per heavy atom. The van der Waals surface area contributed by atoms with Gasteiger partial charge in [-0.1, -0.05) is 37.1 Å². The molecule has 0 saturated carbocycles. The topological polar surface area (TPSA) is 43.4 Å². The van der Waals surface area contributed by atoms with E-state index in [0.29, 0.717) is 12.0 Å². The van der Waals surface area contributed by atoms with Gasteiger partial charge in [-0.15, -0.1) is 0 Å². The van der Waals surface area contributed by atoms with E-state index in [2.05, 4.69) is 4.18 Å². The predicted molar refractivity (Wildman–Crippen MR) is 77.7 cm³/mol. The number of hydrogen-bond acceptors (Lipinski definition) is 3. The van der Waals surface area contributed by atoms with Gasteiger partial charge in [0.15, 0.2) is 0 Å². The number of para-hydroxylation sites is 1. The Balaban J connectivity index is 2.35. The lowest BCUT2D eigenvalue weighted by Gasteiger charge is -2.16. The average molecular weight is 334 g/mol. The minimum Gasteiger partial charge on any atom is -0.375 e. The van der Waals surface area contributed by atoms with Crippen molar-refractivity contribution in [3.05, 3.63) is 35.9 Å². The Kier molecular flexibility index (Phi) is 5.16. The van der Waals surface area contributed by atoms with Crippen molar-refractivity contribution in [3.63, 3.8) is 0 Å². The molecule has 7 heteroatoms. The Morgan fingerprint density at radius 1 is 1.00 bits per heavy atom. The van der Waals surface area contributed by atoms with Gasteiger partial charge in [0.25, 0.3) is 0 Å². The molecule has 0 fully saturated rings. The number of halogens is 3. The minimum absolute atomic E-state index is 0.272. The van der Waals surface area contributed by atoms with Gasteiger partial charge in [0, 0.05) is 5.56 Å². The highest BCUT2D eigenvalue weighted by molar-refractivity contribution is 7.88. The Bertz CT molecular complexity index is 648. The third-order valence-corrected chi connectivity index (χ3v) is 4.47. The summed E-state index contributed by atoms with van der Waals surface area (Å²) in [6.45, 7) is 0. The summed E-state index contributed by atoms with van der Waals surface area (Å²) >= 11 is 0. The van der Waals surface area contributed by atoms with Crippen molar-refractivity contribution in [3.8, 4) is 5.75 Å². The monoisotopic (exact) mass is 334 g/mol. The lowest BCUT2D eigenvalue weighted by Crippen LogP contribution is -2.28. The molecule has 2 rings (SSSR count). The summed E-state index contributed by atoms with van der Waals surface area (Å²) in [5, 5.41) is 0. The summed E-state index contributed by atoms with van der Waals surface area (Å²) in [6.07, 6.45) is 7.62. The summed E-state index contributed by atoms with van der Waals surface area (Å²) in [5.41, 5.74) is -4.18. The van der Waals surface area contributed by atoms with Crippen LogP contribution < -0.4 is 4.18 Å². The molecule has 0 atom stereocenters. The molecule has 0 unspecified atom stereocenters. The standard InChI is InChI=1S/C15H17F3O3S/c16-15(17,18)22(19,20)21-14-11-7-6-10-13(14)12-8-4-2-1-3-5-9-12/h6-8,10-11H,1-5,9H2/b12-8+. The number of benzene rings is 1.